The standard InChI is InChI=1S/C15H23Cl2OP/c1-9(2)12-7-13(10(3)4)15(19(16,17)18)14(8-12)11(5)6/h7-11H,1-6H3. The van der Waals surface area contributed by atoms with E-state index < -0.39 is 5.85 Å². The van der Waals surface area contributed by atoms with Crippen LogP contribution < -0.4 is 5.30 Å². The van der Waals surface area contributed by atoms with E-state index in [-0.39, 0.29) is 11.8 Å². The van der Waals surface area contributed by atoms with Crippen molar-refractivity contribution in [2.24, 2.45) is 0 Å². The van der Waals surface area contributed by atoms with Crippen LogP contribution in [0.3, 0.4) is 0 Å². The van der Waals surface area contributed by atoms with Gasteiger partial charge in [0.2, 0.25) is 0 Å². The highest BCUT2D eigenvalue weighted by Crippen LogP contribution is 2.58. The molecule has 0 aliphatic rings. The Morgan fingerprint density at radius 1 is 0.842 bits per heavy atom. The predicted molar refractivity (Wildman–Crippen MR) is 87.7 cm³/mol. The Hall–Kier alpha value is 0.0300. The molecule has 19 heavy (non-hydrogen) atoms. The molecular formula is C15H23Cl2OP. The van der Waals surface area contributed by atoms with Crippen LogP contribution in [-0.2, 0) is 4.57 Å². The van der Waals surface area contributed by atoms with Gasteiger partial charge < -0.3 is 0 Å². The Kier molecular flexibility index (Phi) is 5.58. The number of hydrogen-bond donors (Lipinski definition) is 0. The second kappa shape index (κ2) is 6.20. The third-order valence-electron chi connectivity index (χ3n) is 3.36. The molecule has 0 spiro atoms. The summed E-state index contributed by atoms with van der Waals surface area (Å²) in [4.78, 5) is 0. The minimum Gasteiger partial charge on any atom is -0.284 e. The summed E-state index contributed by atoms with van der Waals surface area (Å²) in [6.45, 7) is 12.6. The first-order chi connectivity index (χ1) is 8.55. The lowest BCUT2D eigenvalue weighted by molar-refractivity contribution is 0.597. The van der Waals surface area contributed by atoms with Crippen molar-refractivity contribution in [2.75, 3.05) is 0 Å². The second-order valence-electron chi connectivity index (χ2n) is 5.97. The Morgan fingerprint density at radius 3 is 1.42 bits per heavy atom. The molecule has 0 fully saturated rings. The molecule has 0 aliphatic carbocycles. The van der Waals surface area contributed by atoms with Gasteiger partial charge in [0.15, 0.2) is 0 Å². The van der Waals surface area contributed by atoms with Crippen molar-refractivity contribution in [3.05, 3.63) is 28.8 Å². The number of benzene rings is 1. The third-order valence-corrected chi connectivity index (χ3v) is 5.41. The van der Waals surface area contributed by atoms with Gasteiger partial charge in [-0.1, -0.05) is 53.7 Å². The first-order valence-electron chi connectivity index (χ1n) is 6.73. The highest BCUT2D eigenvalue weighted by molar-refractivity contribution is 8.13. The fourth-order valence-electron chi connectivity index (χ4n) is 2.22. The molecule has 0 aliphatic heterocycles. The predicted octanol–water partition coefficient (Wildman–Crippen LogP) is 6.35. The summed E-state index contributed by atoms with van der Waals surface area (Å²) in [6.07, 6.45) is 0. The molecule has 0 N–H and O–H groups in total. The summed E-state index contributed by atoms with van der Waals surface area (Å²) in [5, 5.41) is 0.658. The lowest BCUT2D eigenvalue weighted by atomic mass is 9.89. The zero-order valence-corrected chi connectivity index (χ0v) is 14.9. The quantitative estimate of drug-likeness (QED) is 0.590. The van der Waals surface area contributed by atoms with Crippen LogP contribution in [0, 0.1) is 0 Å². The minimum absolute atomic E-state index is 0.247. The Balaban J connectivity index is 3.71. The normalized spacial score (nSPS) is 12.8. The van der Waals surface area contributed by atoms with Crippen LogP contribution >= 0.6 is 28.3 Å². The zero-order chi connectivity index (χ0) is 15.0. The topological polar surface area (TPSA) is 17.1 Å². The Labute approximate surface area is 126 Å². The molecule has 0 bridgehead atoms. The molecule has 0 heterocycles. The van der Waals surface area contributed by atoms with Crippen molar-refractivity contribution in [1.29, 1.82) is 0 Å². The van der Waals surface area contributed by atoms with E-state index in [9.17, 15) is 4.57 Å². The fourth-order valence-corrected chi connectivity index (χ4v) is 4.64. The lowest BCUT2D eigenvalue weighted by Crippen LogP contribution is -2.17. The number of hydrogen-bond acceptors (Lipinski definition) is 1. The molecule has 1 nitrogen and oxygen atoms in total. The van der Waals surface area contributed by atoms with E-state index in [1.165, 1.54) is 5.56 Å². The van der Waals surface area contributed by atoms with Crippen molar-refractivity contribution in [3.63, 3.8) is 0 Å². The van der Waals surface area contributed by atoms with E-state index in [1.807, 2.05) is 0 Å². The minimum atomic E-state index is -3.31. The molecule has 4 heteroatoms. The SMILES string of the molecule is CC(C)c1cc(C(C)C)c(P(=O)(Cl)Cl)c(C(C)C)c1. The van der Waals surface area contributed by atoms with Gasteiger partial charge in [-0.25, -0.2) is 0 Å². The van der Waals surface area contributed by atoms with Crippen molar-refractivity contribution in [3.8, 4) is 0 Å². The first-order valence-corrected chi connectivity index (χ1v) is 10.2. The molecule has 0 amide bonds. The van der Waals surface area contributed by atoms with Crippen molar-refractivity contribution in [2.45, 2.75) is 59.3 Å². The van der Waals surface area contributed by atoms with E-state index in [0.29, 0.717) is 11.2 Å². The highest BCUT2D eigenvalue weighted by Gasteiger charge is 2.28. The smallest absolute Gasteiger partial charge is 0.282 e. The third kappa shape index (κ3) is 4.00. The maximum absolute atomic E-state index is 12.3. The van der Waals surface area contributed by atoms with Gasteiger partial charge in [-0.05, 0) is 56.9 Å². The molecule has 0 unspecified atom stereocenters. The number of rotatable bonds is 4. The van der Waals surface area contributed by atoms with Gasteiger partial charge in [-0.15, -0.1) is 0 Å². The van der Waals surface area contributed by atoms with E-state index in [4.69, 9.17) is 22.5 Å². The zero-order valence-electron chi connectivity index (χ0n) is 12.5. The molecule has 108 valence electrons. The van der Waals surface area contributed by atoms with Gasteiger partial charge in [0.1, 0.15) is 0 Å². The molecule has 0 atom stereocenters. The first kappa shape index (κ1) is 17.1. The van der Waals surface area contributed by atoms with Crippen LogP contribution in [0.5, 0.6) is 0 Å². The van der Waals surface area contributed by atoms with Gasteiger partial charge in [-0.2, -0.15) is 0 Å². The summed E-state index contributed by atoms with van der Waals surface area (Å²) in [5.41, 5.74) is 3.28. The van der Waals surface area contributed by atoms with Gasteiger partial charge in [0.25, 0.3) is 5.85 Å². The highest BCUT2D eigenvalue weighted by atomic mass is 35.9. The number of halogens is 2. The average molecular weight is 321 g/mol. The van der Waals surface area contributed by atoms with Crippen LogP contribution in [0.25, 0.3) is 0 Å². The van der Waals surface area contributed by atoms with E-state index in [0.717, 1.165) is 11.1 Å². The van der Waals surface area contributed by atoms with E-state index in [2.05, 4.69) is 53.7 Å². The average Bonchev–Trinajstić information content (AvgIpc) is 2.25. The molecule has 0 aromatic heterocycles. The summed E-state index contributed by atoms with van der Waals surface area (Å²) >= 11 is 12.0. The summed E-state index contributed by atoms with van der Waals surface area (Å²) in [7, 11) is 0. The summed E-state index contributed by atoms with van der Waals surface area (Å²) in [6, 6.07) is 4.21. The fraction of sp³-hybridized carbons (Fsp3) is 0.600. The maximum atomic E-state index is 12.3. The van der Waals surface area contributed by atoms with E-state index in [1.54, 1.807) is 0 Å². The molecule has 1 aromatic rings. The van der Waals surface area contributed by atoms with Gasteiger partial charge in [0.05, 0.1) is 0 Å². The van der Waals surface area contributed by atoms with E-state index >= 15 is 0 Å². The lowest BCUT2D eigenvalue weighted by Gasteiger charge is -2.23. The molecule has 0 saturated heterocycles. The summed E-state index contributed by atoms with van der Waals surface area (Å²) < 4.78 is 12.3. The Morgan fingerprint density at radius 2 is 1.21 bits per heavy atom. The largest absolute Gasteiger partial charge is 0.284 e. The monoisotopic (exact) mass is 320 g/mol. The van der Waals surface area contributed by atoms with Gasteiger partial charge >= 0.3 is 0 Å². The second-order valence-corrected chi connectivity index (χ2v) is 10.7. The van der Waals surface area contributed by atoms with Crippen LogP contribution in [0.1, 0.15) is 76.0 Å². The van der Waals surface area contributed by atoms with Crippen LogP contribution in [0.2, 0.25) is 0 Å². The van der Waals surface area contributed by atoms with Crippen LogP contribution in [-0.4, -0.2) is 0 Å². The van der Waals surface area contributed by atoms with Gasteiger partial charge in [-0.3, -0.25) is 4.57 Å². The summed E-state index contributed by atoms with van der Waals surface area (Å²) in [5.74, 6) is -2.39. The Bertz CT molecular complexity index is 472. The van der Waals surface area contributed by atoms with Crippen LogP contribution in [0.15, 0.2) is 12.1 Å². The molecule has 1 aromatic carbocycles. The van der Waals surface area contributed by atoms with Crippen molar-refractivity contribution < 1.29 is 4.57 Å². The molecule has 0 radical (unpaired) electrons. The molecular weight excluding hydrogens is 298 g/mol. The van der Waals surface area contributed by atoms with Gasteiger partial charge in [0, 0.05) is 5.30 Å². The van der Waals surface area contributed by atoms with Crippen LogP contribution in [0.4, 0.5) is 0 Å². The van der Waals surface area contributed by atoms with Crippen molar-refractivity contribution >= 4 is 33.6 Å². The maximum Gasteiger partial charge on any atom is 0.282 e. The molecule has 0 saturated carbocycles. The van der Waals surface area contributed by atoms with Crippen molar-refractivity contribution in [1.82, 2.24) is 0 Å². The molecule has 1 rings (SSSR count).